The summed E-state index contributed by atoms with van der Waals surface area (Å²) in [5.41, 5.74) is 7.42. The first-order valence-corrected chi connectivity index (χ1v) is 5.64. The third-order valence-corrected chi connectivity index (χ3v) is 3.00. The van der Waals surface area contributed by atoms with Crippen LogP contribution in [0.15, 0.2) is 17.2 Å². The van der Waals surface area contributed by atoms with Crippen molar-refractivity contribution in [3.8, 4) is 0 Å². The van der Waals surface area contributed by atoms with E-state index in [1.807, 2.05) is 0 Å². The molecule has 10 heteroatoms. The molecule has 0 saturated carbocycles. The number of rotatable bonds is 5. The number of halogens is 2. The van der Waals surface area contributed by atoms with Crippen molar-refractivity contribution in [3.63, 3.8) is 0 Å². The minimum Gasteiger partial charge on any atom is -0.390 e. The van der Waals surface area contributed by atoms with Crippen LogP contribution in [-0.2, 0) is 0 Å². The molecule has 19 heavy (non-hydrogen) atoms. The summed E-state index contributed by atoms with van der Waals surface area (Å²) in [6.45, 7) is -0.435. The van der Waals surface area contributed by atoms with E-state index in [0.717, 1.165) is 12.1 Å². The third kappa shape index (κ3) is 3.69. The molecule has 102 valence electrons. The summed E-state index contributed by atoms with van der Waals surface area (Å²) in [4.78, 5) is 12.5. The van der Waals surface area contributed by atoms with E-state index < -0.39 is 29.4 Å². The van der Waals surface area contributed by atoms with E-state index in [4.69, 9.17) is 28.7 Å². The van der Waals surface area contributed by atoms with Crippen LogP contribution in [0.2, 0.25) is 10.0 Å². The average molecular weight is 307 g/mol. The molecule has 2 N–H and O–H groups in total. The molecule has 2 atom stereocenters. The smallest absolute Gasteiger partial charge is 0.276 e. The molecule has 8 nitrogen and oxygen atoms in total. The Hall–Kier alpha value is -1.57. The van der Waals surface area contributed by atoms with E-state index in [1.165, 1.54) is 0 Å². The molecule has 2 unspecified atom stereocenters. The SMILES string of the molecule is [N-]=[N+]=NCC(O)C(O)c1cc(Cl)c(Cl)cc1[N+](=O)[O-]. The lowest BCUT2D eigenvalue weighted by molar-refractivity contribution is -0.386. The van der Waals surface area contributed by atoms with Crippen molar-refractivity contribution >= 4 is 28.9 Å². The first kappa shape index (κ1) is 15.5. The number of azide groups is 1. The Morgan fingerprint density at radius 1 is 1.42 bits per heavy atom. The molecule has 0 saturated heterocycles. The highest BCUT2D eigenvalue weighted by Crippen LogP contribution is 2.35. The predicted molar refractivity (Wildman–Crippen MR) is 68.1 cm³/mol. The van der Waals surface area contributed by atoms with Gasteiger partial charge < -0.3 is 10.2 Å². The van der Waals surface area contributed by atoms with Crippen LogP contribution >= 0.6 is 23.2 Å². The second kappa shape index (κ2) is 6.55. The fraction of sp³-hybridized carbons (Fsp3) is 0.333. The Morgan fingerprint density at radius 2 is 2.00 bits per heavy atom. The molecular formula is C9H8Cl2N4O4. The number of aliphatic hydroxyl groups excluding tert-OH is 2. The topological polar surface area (TPSA) is 132 Å². The lowest BCUT2D eigenvalue weighted by atomic mass is 10.0. The van der Waals surface area contributed by atoms with E-state index in [1.54, 1.807) is 0 Å². The zero-order valence-electron chi connectivity index (χ0n) is 9.27. The van der Waals surface area contributed by atoms with Crippen LogP contribution in [0.3, 0.4) is 0 Å². The Labute approximate surface area is 117 Å². The number of aliphatic hydroxyl groups is 2. The number of nitro benzene ring substituents is 1. The van der Waals surface area contributed by atoms with Gasteiger partial charge in [0.25, 0.3) is 5.69 Å². The van der Waals surface area contributed by atoms with Gasteiger partial charge in [-0.25, -0.2) is 0 Å². The van der Waals surface area contributed by atoms with Gasteiger partial charge in [0.2, 0.25) is 0 Å². The highest BCUT2D eigenvalue weighted by molar-refractivity contribution is 6.42. The summed E-state index contributed by atoms with van der Waals surface area (Å²) < 4.78 is 0. The molecule has 1 rings (SSSR count). The molecule has 0 bridgehead atoms. The summed E-state index contributed by atoms with van der Waals surface area (Å²) in [6.07, 6.45) is -3.12. The van der Waals surface area contributed by atoms with Crippen LogP contribution in [0.25, 0.3) is 10.4 Å². The first-order valence-electron chi connectivity index (χ1n) is 4.88. The van der Waals surface area contributed by atoms with Gasteiger partial charge in [-0.15, -0.1) is 0 Å². The van der Waals surface area contributed by atoms with Crippen molar-refractivity contribution in [1.82, 2.24) is 0 Å². The summed E-state index contributed by atoms with van der Waals surface area (Å²) in [5, 5.41) is 33.3. The lowest BCUT2D eigenvalue weighted by Crippen LogP contribution is -2.22. The fourth-order valence-corrected chi connectivity index (χ4v) is 1.70. The molecule has 1 aromatic carbocycles. The molecule has 0 fully saturated rings. The molecule has 0 aliphatic carbocycles. The maximum absolute atomic E-state index is 10.9. The van der Waals surface area contributed by atoms with Crippen LogP contribution < -0.4 is 0 Å². The van der Waals surface area contributed by atoms with Crippen LogP contribution in [0.4, 0.5) is 5.69 Å². The molecule has 0 spiro atoms. The summed E-state index contributed by atoms with van der Waals surface area (Å²) in [5.74, 6) is 0. The van der Waals surface area contributed by atoms with Crippen LogP contribution in [0, 0.1) is 10.1 Å². The predicted octanol–water partition coefficient (Wildman–Crippen LogP) is 2.61. The monoisotopic (exact) mass is 306 g/mol. The van der Waals surface area contributed by atoms with Gasteiger partial charge in [0.1, 0.15) is 6.10 Å². The Bertz CT molecular complexity index is 547. The van der Waals surface area contributed by atoms with Gasteiger partial charge in [-0.05, 0) is 11.6 Å². The van der Waals surface area contributed by atoms with Crippen molar-refractivity contribution in [2.45, 2.75) is 12.2 Å². The van der Waals surface area contributed by atoms with Gasteiger partial charge in [0.15, 0.2) is 0 Å². The Kier molecular flexibility index (Phi) is 5.34. The van der Waals surface area contributed by atoms with Crippen molar-refractivity contribution < 1.29 is 15.1 Å². The molecule has 0 amide bonds. The quantitative estimate of drug-likeness (QED) is 0.284. The summed E-state index contributed by atoms with van der Waals surface area (Å²) in [7, 11) is 0. The Morgan fingerprint density at radius 3 is 2.53 bits per heavy atom. The maximum Gasteiger partial charge on any atom is 0.276 e. The number of nitro groups is 1. The van der Waals surface area contributed by atoms with Gasteiger partial charge in [-0.1, -0.05) is 28.3 Å². The summed E-state index contributed by atoms with van der Waals surface area (Å²) >= 11 is 11.4. The molecule has 0 radical (unpaired) electrons. The van der Waals surface area contributed by atoms with Crippen LogP contribution in [0.1, 0.15) is 11.7 Å². The molecule has 0 aliphatic heterocycles. The minimum atomic E-state index is -1.62. The molecule has 0 aliphatic rings. The molecule has 0 heterocycles. The second-order valence-corrected chi connectivity index (χ2v) is 4.32. The minimum absolute atomic E-state index is 0.00250. The van der Waals surface area contributed by atoms with E-state index >= 15 is 0 Å². The van der Waals surface area contributed by atoms with E-state index in [0.29, 0.717) is 0 Å². The normalized spacial score (nSPS) is 13.5. The Balaban J connectivity index is 3.20. The van der Waals surface area contributed by atoms with Crippen LogP contribution in [-0.4, -0.2) is 27.8 Å². The fourth-order valence-electron chi connectivity index (χ4n) is 1.37. The highest BCUT2D eigenvalue weighted by atomic mass is 35.5. The molecule has 1 aromatic rings. The lowest BCUT2D eigenvalue weighted by Gasteiger charge is -2.16. The maximum atomic E-state index is 10.9. The zero-order chi connectivity index (χ0) is 14.6. The molecular weight excluding hydrogens is 299 g/mol. The highest BCUT2D eigenvalue weighted by Gasteiger charge is 2.27. The number of benzene rings is 1. The van der Waals surface area contributed by atoms with E-state index in [9.17, 15) is 20.3 Å². The van der Waals surface area contributed by atoms with Gasteiger partial charge in [-0.3, -0.25) is 10.1 Å². The zero-order valence-corrected chi connectivity index (χ0v) is 10.8. The number of nitrogens with zero attached hydrogens (tertiary/aromatic N) is 4. The van der Waals surface area contributed by atoms with Gasteiger partial charge >= 0.3 is 0 Å². The largest absolute Gasteiger partial charge is 0.390 e. The average Bonchev–Trinajstić information content (AvgIpc) is 2.37. The van der Waals surface area contributed by atoms with Crippen molar-refractivity contribution in [3.05, 3.63) is 48.3 Å². The number of hydrogen-bond acceptors (Lipinski definition) is 5. The van der Waals surface area contributed by atoms with Crippen molar-refractivity contribution in [2.24, 2.45) is 5.11 Å². The van der Waals surface area contributed by atoms with Gasteiger partial charge in [-0.2, -0.15) is 0 Å². The number of hydrogen-bond donors (Lipinski definition) is 2. The first-order chi connectivity index (χ1) is 8.88. The van der Waals surface area contributed by atoms with E-state index in [2.05, 4.69) is 10.0 Å². The standard InChI is InChI=1S/C9H8Cl2N4O4/c10-5-1-4(7(15(18)19)2-6(5)11)9(17)8(16)3-13-14-12/h1-2,8-9,16-17H,3H2. The van der Waals surface area contributed by atoms with Crippen molar-refractivity contribution in [2.75, 3.05) is 6.54 Å². The van der Waals surface area contributed by atoms with Crippen molar-refractivity contribution in [1.29, 1.82) is 0 Å². The van der Waals surface area contributed by atoms with E-state index in [-0.39, 0.29) is 15.6 Å². The molecule has 0 aromatic heterocycles. The van der Waals surface area contributed by atoms with Gasteiger partial charge in [0, 0.05) is 11.0 Å². The third-order valence-electron chi connectivity index (χ3n) is 2.28. The van der Waals surface area contributed by atoms with Gasteiger partial charge in [0.05, 0.1) is 33.2 Å². The van der Waals surface area contributed by atoms with Crippen LogP contribution in [0.5, 0.6) is 0 Å². The summed E-state index contributed by atoms with van der Waals surface area (Å²) in [6, 6.07) is 2.06. The second-order valence-electron chi connectivity index (χ2n) is 3.51.